The first kappa shape index (κ1) is 13.7. The van der Waals surface area contributed by atoms with E-state index in [1.165, 1.54) is 0 Å². The Morgan fingerprint density at radius 2 is 2.00 bits per heavy atom. The number of imidazole rings is 1. The van der Waals surface area contributed by atoms with Crippen molar-refractivity contribution in [2.24, 2.45) is 10.7 Å². The molecule has 3 heterocycles. The summed E-state index contributed by atoms with van der Waals surface area (Å²) in [5.74, 6) is 2.41. The third-order valence-electron chi connectivity index (χ3n) is 4.11. The predicted molar refractivity (Wildman–Crippen MR) is 93.4 cm³/mol. The Balaban J connectivity index is 1.76. The van der Waals surface area contributed by atoms with Crippen molar-refractivity contribution in [3.05, 3.63) is 46.4 Å². The molecule has 7 nitrogen and oxygen atoms in total. The molecule has 1 atom stereocenters. The molecule has 0 amide bonds. The van der Waals surface area contributed by atoms with E-state index in [2.05, 4.69) is 31.2 Å². The van der Waals surface area contributed by atoms with Crippen LogP contribution in [0.25, 0.3) is 11.0 Å². The van der Waals surface area contributed by atoms with Crippen LogP contribution in [0.3, 0.4) is 0 Å². The molecule has 0 aliphatic carbocycles. The topological polar surface area (TPSA) is 86.7 Å². The summed E-state index contributed by atoms with van der Waals surface area (Å²) < 4.78 is 13.8. The van der Waals surface area contributed by atoms with Crippen molar-refractivity contribution >= 4 is 38.9 Å². The van der Waals surface area contributed by atoms with Gasteiger partial charge in [-0.3, -0.25) is 9.88 Å². The van der Waals surface area contributed by atoms with Crippen LogP contribution in [0.5, 0.6) is 11.5 Å². The van der Waals surface area contributed by atoms with E-state index < -0.39 is 0 Å². The van der Waals surface area contributed by atoms with Gasteiger partial charge < -0.3 is 15.2 Å². The standard InChI is InChI=1S/C16H12BrN5O2/c17-9-6-13-12(23-7-24-13)5-8(9)14-20-15(18)21-16-19-10-3-1-2-4-11(10)22(14)16/h1-6,14H,7H2,(H3,18,19,20,21)/t14-/m0/s1. The zero-order valence-corrected chi connectivity index (χ0v) is 13.9. The van der Waals surface area contributed by atoms with Crippen molar-refractivity contribution in [1.29, 1.82) is 0 Å². The molecule has 0 saturated carbocycles. The number of guanidine groups is 1. The fourth-order valence-electron chi connectivity index (χ4n) is 3.06. The van der Waals surface area contributed by atoms with Crippen molar-refractivity contribution in [2.75, 3.05) is 12.1 Å². The Morgan fingerprint density at radius 3 is 2.88 bits per heavy atom. The second kappa shape index (κ2) is 4.88. The quantitative estimate of drug-likeness (QED) is 0.672. The Bertz CT molecular complexity index is 1010. The minimum atomic E-state index is -0.350. The molecule has 0 spiro atoms. The number of anilines is 1. The number of aromatic nitrogens is 2. The Morgan fingerprint density at radius 1 is 1.21 bits per heavy atom. The first-order valence-corrected chi connectivity index (χ1v) is 8.16. The van der Waals surface area contributed by atoms with Crippen LogP contribution in [-0.4, -0.2) is 22.3 Å². The van der Waals surface area contributed by atoms with Crippen LogP contribution >= 0.6 is 15.9 Å². The minimum Gasteiger partial charge on any atom is -0.454 e. The summed E-state index contributed by atoms with van der Waals surface area (Å²) in [6.07, 6.45) is -0.350. The maximum absolute atomic E-state index is 5.98. The molecule has 0 fully saturated rings. The minimum absolute atomic E-state index is 0.224. The molecule has 24 heavy (non-hydrogen) atoms. The van der Waals surface area contributed by atoms with Crippen LogP contribution in [0.15, 0.2) is 45.9 Å². The van der Waals surface area contributed by atoms with E-state index in [1.54, 1.807) is 0 Å². The molecule has 2 aliphatic heterocycles. The summed E-state index contributed by atoms with van der Waals surface area (Å²) >= 11 is 3.61. The summed E-state index contributed by atoms with van der Waals surface area (Å²) in [5, 5.41) is 3.03. The number of aliphatic imine (C=N–C) groups is 1. The molecule has 8 heteroatoms. The van der Waals surface area contributed by atoms with Gasteiger partial charge >= 0.3 is 0 Å². The zero-order chi connectivity index (χ0) is 16.3. The van der Waals surface area contributed by atoms with Gasteiger partial charge in [0.05, 0.1) is 11.0 Å². The summed E-state index contributed by atoms with van der Waals surface area (Å²) in [4.78, 5) is 9.18. The number of nitrogens with two attached hydrogens (primary N) is 1. The van der Waals surface area contributed by atoms with Gasteiger partial charge in [0.2, 0.25) is 12.7 Å². The fraction of sp³-hybridized carbons (Fsp3) is 0.125. The Labute approximate surface area is 145 Å². The third kappa shape index (κ3) is 1.89. The molecule has 2 aromatic carbocycles. The van der Waals surface area contributed by atoms with Crippen molar-refractivity contribution in [3.8, 4) is 11.5 Å². The molecule has 2 aliphatic rings. The summed E-state index contributed by atoms with van der Waals surface area (Å²) in [6.45, 7) is 0.224. The summed E-state index contributed by atoms with van der Waals surface area (Å²) in [5.41, 5.74) is 8.76. The number of para-hydroxylation sites is 2. The van der Waals surface area contributed by atoms with Gasteiger partial charge in [-0.1, -0.05) is 28.1 Å². The van der Waals surface area contributed by atoms with E-state index in [4.69, 9.17) is 15.2 Å². The summed E-state index contributed by atoms with van der Waals surface area (Å²) in [7, 11) is 0. The third-order valence-corrected chi connectivity index (χ3v) is 4.80. The maximum atomic E-state index is 5.98. The number of nitrogens with zero attached hydrogens (tertiary/aromatic N) is 3. The monoisotopic (exact) mass is 385 g/mol. The lowest BCUT2D eigenvalue weighted by molar-refractivity contribution is 0.174. The van der Waals surface area contributed by atoms with Gasteiger partial charge in [-0.05, 0) is 24.3 Å². The van der Waals surface area contributed by atoms with Crippen LogP contribution in [0.4, 0.5) is 5.95 Å². The second-order valence-corrected chi connectivity index (χ2v) is 6.39. The highest BCUT2D eigenvalue weighted by Crippen LogP contribution is 2.42. The van der Waals surface area contributed by atoms with E-state index in [0.717, 1.165) is 21.1 Å². The number of hydrogen-bond donors (Lipinski definition) is 2. The van der Waals surface area contributed by atoms with Gasteiger partial charge in [0.25, 0.3) is 0 Å². The van der Waals surface area contributed by atoms with E-state index in [1.807, 2.05) is 41.0 Å². The molecular formula is C16H12BrN5O2. The molecule has 0 unspecified atom stereocenters. The average Bonchev–Trinajstić information content (AvgIpc) is 3.16. The number of hydrogen-bond acceptors (Lipinski definition) is 6. The van der Waals surface area contributed by atoms with Crippen molar-refractivity contribution < 1.29 is 9.47 Å². The lowest BCUT2D eigenvalue weighted by atomic mass is 10.1. The van der Waals surface area contributed by atoms with Gasteiger partial charge in [0.15, 0.2) is 23.6 Å². The van der Waals surface area contributed by atoms with Gasteiger partial charge in [-0.2, -0.15) is 0 Å². The van der Waals surface area contributed by atoms with Crippen molar-refractivity contribution in [1.82, 2.24) is 9.55 Å². The highest BCUT2D eigenvalue weighted by molar-refractivity contribution is 9.10. The lowest BCUT2D eigenvalue weighted by Crippen LogP contribution is -2.31. The average molecular weight is 386 g/mol. The number of halogens is 1. The van der Waals surface area contributed by atoms with Crippen molar-refractivity contribution in [2.45, 2.75) is 6.17 Å². The molecule has 3 aromatic rings. The molecule has 0 saturated heterocycles. The Kier molecular flexibility index (Phi) is 2.78. The van der Waals surface area contributed by atoms with E-state index in [9.17, 15) is 0 Å². The number of ether oxygens (including phenoxy) is 2. The van der Waals surface area contributed by atoms with E-state index in [0.29, 0.717) is 23.4 Å². The highest BCUT2D eigenvalue weighted by Gasteiger charge is 2.28. The van der Waals surface area contributed by atoms with Gasteiger partial charge in [0.1, 0.15) is 0 Å². The SMILES string of the molecule is NC1=N[C@H](c2cc3c(cc2Br)OCO3)n2c(nc3ccccc32)N1. The largest absolute Gasteiger partial charge is 0.454 e. The van der Waals surface area contributed by atoms with E-state index in [-0.39, 0.29) is 13.0 Å². The summed E-state index contributed by atoms with van der Waals surface area (Å²) in [6, 6.07) is 11.7. The van der Waals surface area contributed by atoms with Gasteiger partial charge in [-0.15, -0.1) is 0 Å². The lowest BCUT2D eigenvalue weighted by Gasteiger charge is -2.24. The fourth-order valence-corrected chi connectivity index (χ4v) is 3.58. The smallest absolute Gasteiger partial charge is 0.231 e. The maximum Gasteiger partial charge on any atom is 0.231 e. The first-order chi connectivity index (χ1) is 11.7. The van der Waals surface area contributed by atoms with E-state index >= 15 is 0 Å². The highest BCUT2D eigenvalue weighted by atomic mass is 79.9. The second-order valence-electron chi connectivity index (χ2n) is 5.53. The molecule has 0 radical (unpaired) electrons. The van der Waals surface area contributed by atoms with Crippen LogP contribution in [0.2, 0.25) is 0 Å². The number of nitrogens with one attached hydrogen (secondary N) is 1. The predicted octanol–water partition coefficient (Wildman–Crippen LogP) is 2.81. The molecule has 3 N–H and O–H groups in total. The molecular weight excluding hydrogens is 374 g/mol. The number of rotatable bonds is 1. The zero-order valence-electron chi connectivity index (χ0n) is 12.4. The van der Waals surface area contributed by atoms with Gasteiger partial charge in [0, 0.05) is 10.0 Å². The van der Waals surface area contributed by atoms with Gasteiger partial charge in [-0.25, -0.2) is 9.98 Å². The first-order valence-electron chi connectivity index (χ1n) is 7.37. The number of benzene rings is 2. The normalized spacial score (nSPS) is 18.2. The van der Waals surface area contributed by atoms with Crippen LogP contribution < -0.4 is 20.5 Å². The molecule has 1 aromatic heterocycles. The van der Waals surface area contributed by atoms with Crippen LogP contribution in [-0.2, 0) is 0 Å². The van der Waals surface area contributed by atoms with Crippen LogP contribution in [0, 0.1) is 0 Å². The molecule has 5 rings (SSSR count). The van der Waals surface area contributed by atoms with Crippen LogP contribution in [0.1, 0.15) is 11.7 Å². The number of fused-ring (bicyclic) bond motifs is 4. The van der Waals surface area contributed by atoms with Crippen molar-refractivity contribution in [3.63, 3.8) is 0 Å². The molecule has 120 valence electrons. The Hall–Kier alpha value is -2.74. The molecule has 0 bridgehead atoms.